The number of carbonyl (C=O) groups excluding carboxylic acids is 1. The van der Waals surface area contributed by atoms with Gasteiger partial charge in [-0.1, -0.05) is 12.1 Å². The van der Waals surface area contributed by atoms with Crippen LogP contribution in [0.3, 0.4) is 0 Å². The Balaban J connectivity index is 2.43. The van der Waals surface area contributed by atoms with Crippen LogP contribution in [0.5, 0.6) is 5.75 Å². The van der Waals surface area contributed by atoms with Crippen LogP contribution in [0, 0.1) is 0 Å². The third-order valence-electron chi connectivity index (χ3n) is 2.54. The van der Waals surface area contributed by atoms with Crippen LogP contribution in [0.2, 0.25) is 0 Å². The van der Waals surface area contributed by atoms with Gasteiger partial charge in [-0.3, -0.25) is 4.79 Å². The van der Waals surface area contributed by atoms with Gasteiger partial charge in [0, 0.05) is 12.6 Å². The number of hydrogen-bond acceptors (Lipinski definition) is 3. The van der Waals surface area contributed by atoms with Crippen molar-refractivity contribution >= 4 is 12.0 Å². The molecule has 0 heterocycles. The fourth-order valence-electron chi connectivity index (χ4n) is 1.56. The maximum absolute atomic E-state index is 11.5. The van der Waals surface area contributed by atoms with E-state index in [0.29, 0.717) is 13.0 Å². The normalized spacial score (nSPS) is 12.7. The summed E-state index contributed by atoms with van der Waals surface area (Å²) in [6, 6.07) is 7.56. The number of aliphatic hydroxyl groups excluding tert-OH is 1. The van der Waals surface area contributed by atoms with Gasteiger partial charge in [-0.05, 0) is 51.0 Å². The average Bonchev–Trinajstić information content (AvgIpc) is 2.37. The fourth-order valence-corrected chi connectivity index (χ4v) is 1.56. The lowest BCUT2D eigenvalue weighted by molar-refractivity contribution is -0.116. The molecule has 1 unspecified atom stereocenters. The van der Waals surface area contributed by atoms with E-state index < -0.39 is 6.10 Å². The molecule has 0 aliphatic carbocycles. The largest absolute Gasteiger partial charge is 0.491 e. The summed E-state index contributed by atoms with van der Waals surface area (Å²) in [6.07, 6.45) is 3.54. The van der Waals surface area contributed by atoms with Crippen LogP contribution < -0.4 is 10.1 Å². The summed E-state index contributed by atoms with van der Waals surface area (Å²) in [5, 5.41) is 11.8. The summed E-state index contributed by atoms with van der Waals surface area (Å²) in [4.78, 5) is 11.5. The van der Waals surface area contributed by atoms with Gasteiger partial charge >= 0.3 is 0 Å². The van der Waals surface area contributed by atoms with Crippen molar-refractivity contribution in [3.8, 4) is 5.75 Å². The fraction of sp³-hybridized carbons (Fsp3) is 0.438. The predicted octanol–water partition coefficient (Wildman–Crippen LogP) is 2.37. The Hall–Kier alpha value is -1.81. The Labute approximate surface area is 120 Å². The van der Waals surface area contributed by atoms with Crippen molar-refractivity contribution in [3.63, 3.8) is 0 Å². The summed E-state index contributed by atoms with van der Waals surface area (Å²) in [7, 11) is 0. The van der Waals surface area contributed by atoms with E-state index in [4.69, 9.17) is 9.84 Å². The molecule has 20 heavy (non-hydrogen) atoms. The van der Waals surface area contributed by atoms with Gasteiger partial charge in [0.05, 0.1) is 12.2 Å². The molecule has 4 nitrogen and oxygen atoms in total. The number of aliphatic hydroxyl groups is 1. The number of rotatable bonds is 7. The van der Waals surface area contributed by atoms with Gasteiger partial charge in [0.15, 0.2) is 0 Å². The van der Waals surface area contributed by atoms with E-state index in [1.54, 1.807) is 13.0 Å². The summed E-state index contributed by atoms with van der Waals surface area (Å²) >= 11 is 0. The third-order valence-corrected chi connectivity index (χ3v) is 2.54. The molecule has 0 fully saturated rings. The highest BCUT2D eigenvalue weighted by molar-refractivity contribution is 5.91. The standard InChI is InChI=1S/C16H23NO3/c1-12(2)20-15-7-4-14(5-8-15)6-9-16(19)17-11-10-13(3)18/h4-9,12-13,18H,10-11H2,1-3H3,(H,17,19). The lowest BCUT2D eigenvalue weighted by atomic mass is 10.2. The Morgan fingerprint density at radius 1 is 1.30 bits per heavy atom. The zero-order valence-corrected chi connectivity index (χ0v) is 12.3. The van der Waals surface area contributed by atoms with E-state index in [2.05, 4.69) is 5.32 Å². The van der Waals surface area contributed by atoms with Gasteiger partial charge in [0.25, 0.3) is 0 Å². The minimum absolute atomic E-state index is 0.149. The minimum atomic E-state index is -0.396. The lowest BCUT2D eigenvalue weighted by Crippen LogP contribution is -2.24. The first kappa shape index (κ1) is 16.2. The van der Waals surface area contributed by atoms with E-state index in [-0.39, 0.29) is 12.0 Å². The Bertz CT molecular complexity index is 436. The quantitative estimate of drug-likeness (QED) is 0.752. The average molecular weight is 277 g/mol. The summed E-state index contributed by atoms with van der Waals surface area (Å²) in [5.74, 6) is 0.659. The molecular weight excluding hydrogens is 254 g/mol. The smallest absolute Gasteiger partial charge is 0.244 e. The zero-order valence-electron chi connectivity index (χ0n) is 12.3. The molecule has 0 saturated carbocycles. The van der Waals surface area contributed by atoms with Crippen LogP contribution in [0.1, 0.15) is 32.8 Å². The number of amides is 1. The molecule has 2 N–H and O–H groups in total. The molecule has 1 rings (SSSR count). The van der Waals surface area contributed by atoms with Crippen LogP contribution in [-0.4, -0.2) is 29.8 Å². The van der Waals surface area contributed by atoms with Crippen molar-refractivity contribution in [2.24, 2.45) is 0 Å². The monoisotopic (exact) mass is 277 g/mol. The van der Waals surface area contributed by atoms with Crippen molar-refractivity contribution in [2.45, 2.75) is 39.4 Å². The van der Waals surface area contributed by atoms with Crippen molar-refractivity contribution in [1.29, 1.82) is 0 Å². The summed E-state index contributed by atoms with van der Waals surface area (Å²) in [6.45, 7) is 6.13. The van der Waals surface area contributed by atoms with Crippen molar-refractivity contribution in [1.82, 2.24) is 5.32 Å². The molecule has 0 saturated heterocycles. The van der Waals surface area contributed by atoms with Gasteiger partial charge in [-0.25, -0.2) is 0 Å². The molecule has 1 amide bonds. The molecule has 0 aliphatic rings. The first-order valence-electron chi connectivity index (χ1n) is 6.88. The number of nitrogens with one attached hydrogen (secondary N) is 1. The first-order chi connectivity index (χ1) is 9.47. The second-order valence-corrected chi connectivity index (χ2v) is 5.00. The van der Waals surface area contributed by atoms with E-state index in [9.17, 15) is 4.79 Å². The molecular formula is C16H23NO3. The zero-order chi connectivity index (χ0) is 15.0. The predicted molar refractivity (Wildman–Crippen MR) is 80.5 cm³/mol. The Morgan fingerprint density at radius 3 is 2.50 bits per heavy atom. The van der Waals surface area contributed by atoms with Crippen LogP contribution in [-0.2, 0) is 4.79 Å². The van der Waals surface area contributed by atoms with Crippen LogP contribution >= 0.6 is 0 Å². The summed E-state index contributed by atoms with van der Waals surface area (Å²) in [5.41, 5.74) is 0.937. The number of hydrogen-bond donors (Lipinski definition) is 2. The minimum Gasteiger partial charge on any atom is -0.491 e. The number of carbonyl (C=O) groups is 1. The molecule has 1 aromatic carbocycles. The number of ether oxygens (including phenoxy) is 1. The molecule has 1 aromatic rings. The third kappa shape index (κ3) is 6.95. The van der Waals surface area contributed by atoms with Crippen LogP contribution in [0.25, 0.3) is 6.08 Å². The van der Waals surface area contributed by atoms with E-state index >= 15 is 0 Å². The maximum atomic E-state index is 11.5. The molecule has 0 bridgehead atoms. The molecule has 110 valence electrons. The van der Waals surface area contributed by atoms with Gasteiger partial charge in [-0.2, -0.15) is 0 Å². The number of benzene rings is 1. The van der Waals surface area contributed by atoms with Crippen molar-refractivity contribution in [3.05, 3.63) is 35.9 Å². The lowest BCUT2D eigenvalue weighted by Gasteiger charge is -2.09. The van der Waals surface area contributed by atoms with E-state index in [1.807, 2.05) is 38.1 Å². The van der Waals surface area contributed by atoms with Crippen LogP contribution in [0.15, 0.2) is 30.3 Å². The van der Waals surface area contributed by atoms with Gasteiger partial charge < -0.3 is 15.2 Å². The molecule has 0 aliphatic heterocycles. The van der Waals surface area contributed by atoms with Gasteiger partial charge in [0.1, 0.15) is 5.75 Å². The van der Waals surface area contributed by atoms with Crippen molar-refractivity contribution in [2.75, 3.05) is 6.54 Å². The highest BCUT2D eigenvalue weighted by Crippen LogP contribution is 2.14. The van der Waals surface area contributed by atoms with E-state index in [1.165, 1.54) is 6.08 Å². The molecule has 1 atom stereocenters. The highest BCUT2D eigenvalue weighted by atomic mass is 16.5. The van der Waals surface area contributed by atoms with Gasteiger partial charge in [0.2, 0.25) is 5.91 Å². The first-order valence-corrected chi connectivity index (χ1v) is 6.88. The SMILES string of the molecule is CC(O)CCNC(=O)C=Cc1ccc(OC(C)C)cc1. The second kappa shape index (κ2) is 8.38. The van der Waals surface area contributed by atoms with Crippen molar-refractivity contribution < 1.29 is 14.6 Å². The topological polar surface area (TPSA) is 58.6 Å². The van der Waals surface area contributed by atoms with E-state index in [0.717, 1.165) is 11.3 Å². The molecule has 4 heteroatoms. The Kier molecular flexibility index (Phi) is 6.81. The Morgan fingerprint density at radius 2 is 1.95 bits per heavy atom. The molecule has 0 radical (unpaired) electrons. The van der Waals surface area contributed by atoms with Crippen LogP contribution in [0.4, 0.5) is 0 Å². The molecule has 0 aromatic heterocycles. The summed E-state index contributed by atoms with van der Waals surface area (Å²) < 4.78 is 5.54. The van der Waals surface area contributed by atoms with Gasteiger partial charge in [-0.15, -0.1) is 0 Å². The maximum Gasteiger partial charge on any atom is 0.244 e. The molecule has 0 spiro atoms. The highest BCUT2D eigenvalue weighted by Gasteiger charge is 1.99. The second-order valence-electron chi connectivity index (χ2n) is 5.00.